The second-order valence-electron chi connectivity index (χ2n) is 4.50. The Labute approximate surface area is 134 Å². The molecule has 3 rings (SSSR count). The summed E-state index contributed by atoms with van der Waals surface area (Å²) in [4.78, 5) is 11.9. The number of halogens is 1. The second kappa shape index (κ2) is 5.68. The van der Waals surface area contributed by atoms with E-state index in [2.05, 4.69) is 43.5 Å². The van der Waals surface area contributed by atoms with Crippen LogP contribution in [-0.2, 0) is 7.05 Å². The van der Waals surface area contributed by atoms with Crippen molar-refractivity contribution in [2.45, 2.75) is 0 Å². The van der Waals surface area contributed by atoms with Crippen molar-refractivity contribution in [3.8, 4) is 0 Å². The Balaban J connectivity index is 1.72. The van der Waals surface area contributed by atoms with Crippen LogP contribution >= 0.6 is 22.6 Å². The van der Waals surface area contributed by atoms with Crippen LogP contribution in [0, 0.1) is 3.57 Å². The van der Waals surface area contributed by atoms with E-state index in [0.717, 1.165) is 20.3 Å². The number of hydrogen-bond donors (Lipinski definition) is 2. The summed E-state index contributed by atoms with van der Waals surface area (Å²) in [5.74, 6) is 0. The first-order valence-electron chi connectivity index (χ1n) is 6.25. The highest BCUT2D eigenvalue weighted by Crippen LogP contribution is 2.17. The van der Waals surface area contributed by atoms with E-state index < -0.39 is 0 Å². The lowest BCUT2D eigenvalue weighted by molar-refractivity contribution is 0.262. The summed E-state index contributed by atoms with van der Waals surface area (Å²) in [6.07, 6.45) is 0. The molecule has 1 heterocycles. The number of hydrogen-bond acceptors (Lipinski definition) is 3. The number of nitrogens with one attached hydrogen (secondary N) is 2. The first-order valence-corrected chi connectivity index (χ1v) is 7.33. The zero-order valence-electron chi connectivity index (χ0n) is 11.2. The van der Waals surface area contributed by atoms with E-state index in [1.807, 2.05) is 43.4 Å². The predicted octanol–water partition coefficient (Wildman–Crippen LogP) is 3.22. The van der Waals surface area contributed by atoms with E-state index >= 15 is 0 Å². The lowest BCUT2D eigenvalue weighted by atomic mass is 10.2. The number of aryl methyl sites for hydroxylation is 1. The fraction of sp³-hybridized carbons (Fsp3) is 0.0714. The van der Waals surface area contributed by atoms with E-state index in [-0.39, 0.29) is 6.03 Å². The van der Waals surface area contributed by atoms with Gasteiger partial charge in [-0.25, -0.2) is 9.48 Å². The molecule has 106 valence electrons. The number of rotatable bonds is 2. The van der Waals surface area contributed by atoms with Gasteiger partial charge in [-0.1, -0.05) is 5.21 Å². The molecule has 2 amide bonds. The molecular weight excluding hydrogens is 381 g/mol. The van der Waals surface area contributed by atoms with Crippen LogP contribution in [0.3, 0.4) is 0 Å². The molecule has 0 aliphatic heterocycles. The molecule has 21 heavy (non-hydrogen) atoms. The molecule has 2 N–H and O–H groups in total. The molecule has 0 fully saturated rings. The highest BCUT2D eigenvalue weighted by atomic mass is 127. The van der Waals surface area contributed by atoms with Crippen LogP contribution < -0.4 is 10.6 Å². The van der Waals surface area contributed by atoms with Gasteiger partial charge in [-0.05, 0) is 65.1 Å². The number of carbonyl (C=O) groups is 1. The highest BCUT2D eigenvalue weighted by Gasteiger charge is 2.06. The SMILES string of the molecule is Cn1nnc2cc(NC(=O)Nc3ccc(I)cc3)ccc21. The van der Waals surface area contributed by atoms with Crippen molar-refractivity contribution in [2.75, 3.05) is 10.6 Å². The van der Waals surface area contributed by atoms with Crippen LogP contribution in [0.2, 0.25) is 0 Å². The number of nitrogens with zero attached hydrogens (tertiary/aromatic N) is 3. The molecule has 6 nitrogen and oxygen atoms in total. The van der Waals surface area contributed by atoms with E-state index in [4.69, 9.17) is 0 Å². The molecule has 0 aliphatic rings. The lowest BCUT2D eigenvalue weighted by Gasteiger charge is -2.07. The number of anilines is 2. The topological polar surface area (TPSA) is 71.8 Å². The van der Waals surface area contributed by atoms with Crippen molar-refractivity contribution in [1.29, 1.82) is 0 Å². The number of benzene rings is 2. The maximum Gasteiger partial charge on any atom is 0.323 e. The van der Waals surface area contributed by atoms with Crippen molar-refractivity contribution in [3.05, 3.63) is 46.0 Å². The van der Waals surface area contributed by atoms with Crippen LogP contribution in [0.25, 0.3) is 11.0 Å². The standard InChI is InChI=1S/C14H12IN5O/c1-20-13-7-6-11(8-12(13)18-19-20)17-14(21)16-10-4-2-9(15)3-5-10/h2-8H,1H3,(H2,16,17,21). The minimum Gasteiger partial charge on any atom is -0.308 e. The van der Waals surface area contributed by atoms with Gasteiger partial charge in [-0.2, -0.15) is 0 Å². The molecular formula is C14H12IN5O. The van der Waals surface area contributed by atoms with Gasteiger partial charge in [0, 0.05) is 22.0 Å². The molecule has 7 heteroatoms. The zero-order chi connectivity index (χ0) is 14.8. The third-order valence-corrected chi connectivity index (χ3v) is 3.69. The average Bonchev–Trinajstić information content (AvgIpc) is 2.82. The van der Waals surface area contributed by atoms with E-state index in [1.54, 1.807) is 10.7 Å². The molecule has 0 unspecified atom stereocenters. The Bertz CT molecular complexity index is 797. The van der Waals surface area contributed by atoms with Crippen molar-refractivity contribution in [3.63, 3.8) is 0 Å². The number of aromatic nitrogens is 3. The molecule has 0 saturated carbocycles. The molecule has 3 aromatic rings. The molecule has 0 atom stereocenters. The van der Waals surface area contributed by atoms with Gasteiger partial charge >= 0.3 is 6.03 Å². The van der Waals surface area contributed by atoms with E-state index in [0.29, 0.717) is 5.69 Å². The van der Waals surface area contributed by atoms with Gasteiger partial charge < -0.3 is 10.6 Å². The lowest BCUT2D eigenvalue weighted by Crippen LogP contribution is -2.19. The molecule has 0 bridgehead atoms. The molecule has 1 aromatic heterocycles. The van der Waals surface area contributed by atoms with Crippen LogP contribution in [0.1, 0.15) is 0 Å². The smallest absolute Gasteiger partial charge is 0.308 e. The fourth-order valence-corrected chi connectivity index (χ4v) is 2.30. The molecule has 0 saturated heterocycles. The Kier molecular flexibility index (Phi) is 3.74. The summed E-state index contributed by atoms with van der Waals surface area (Å²) in [6, 6.07) is 12.8. The van der Waals surface area contributed by atoms with Gasteiger partial charge in [0.05, 0.1) is 5.52 Å². The first kappa shape index (κ1) is 13.8. The second-order valence-corrected chi connectivity index (χ2v) is 5.75. The summed E-state index contributed by atoms with van der Waals surface area (Å²) in [6.45, 7) is 0. The number of urea groups is 1. The maximum absolute atomic E-state index is 11.9. The third kappa shape index (κ3) is 3.13. The predicted molar refractivity (Wildman–Crippen MR) is 90.3 cm³/mol. The zero-order valence-corrected chi connectivity index (χ0v) is 13.3. The normalized spacial score (nSPS) is 10.6. The number of amides is 2. The van der Waals surface area contributed by atoms with Gasteiger partial charge in [0.1, 0.15) is 5.52 Å². The Hall–Kier alpha value is -2.16. The Morgan fingerprint density at radius 1 is 1.10 bits per heavy atom. The third-order valence-electron chi connectivity index (χ3n) is 2.97. The van der Waals surface area contributed by atoms with Gasteiger partial charge in [0.25, 0.3) is 0 Å². The van der Waals surface area contributed by atoms with E-state index in [9.17, 15) is 4.79 Å². The van der Waals surface area contributed by atoms with Crippen LogP contribution in [0.15, 0.2) is 42.5 Å². The molecule has 0 radical (unpaired) electrons. The van der Waals surface area contributed by atoms with Crippen LogP contribution in [-0.4, -0.2) is 21.0 Å². The Morgan fingerprint density at radius 3 is 2.52 bits per heavy atom. The average molecular weight is 393 g/mol. The van der Waals surface area contributed by atoms with Crippen molar-refractivity contribution < 1.29 is 4.79 Å². The van der Waals surface area contributed by atoms with Gasteiger partial charge in [-0.15, -0.1) is 5.10 Å². The highest BCUT2D eigenvalue weighted by molar-refractivity contribution is 14.1. The summed E-state index contributed by atoms with van der Waals surface area (Å²) < 4.78 is 2.80. The summed E-state index contributed by atoms with van der Waals surface area (Å²) in [7, 11) is 1.83. The van der Waals surface area contributed by atoms with Gasteiger partial charge in [-0.3, -0.25) is 0 Å². The van der Waals surface area contributed by atoms with Gasteiger partial charge in [0.15, 0.2) is 0 Å². The van der Waals surface area contributed by atoms with E-state index in [1.165, 1.54) is 0 Å². The van der Waals surface area contributed by atoms with Gasteiger partial charge in [0.2, 0.25) is 0 Å². The maximum atomic E-state index is 11.9. The first-order chi connectivity index (χ1) is 10.1. The van der Waals surface area contributed by atoms with Crippen molar-refractivity contribution >= 4 is 51.0 Å². The number of fused-ring (bicyclic) bond motifs is 1. The molecule has 0 spiro atoms. The largest absolute Gasteiger partial charge is 0.323 e. The molecule has 2 aromatic carbocycles. The summed E-state index contributed by atoms with van der Waals surface area (Å²) in [5.41, 5.74) is 3.07. The van der Waals surface area contributed by atoms with Crippen LogP contribution in [0.5, 0.6) is 0 Å². The van der Waals surface area contributed by atoms with Crippen molar-refractivity contribution in [1.82, 2.24) is 15.0 Å². The molecule has 0 aliphatic carbocycles. The fourth-order valence-electron chi connectivity index (χ4n) is 1.95. The quantitative estimate of drug-likeness (QED) is 0.657. The minimum atomic E-state index is -0.292. The number of carbonyl (C=O) groups excluding carboxylic acids is 1. The monoisotopic (exact) mass is 393 g/mol. The minimum absolute atomic E-state index is 0.292. The van der Waals surface area contributed by atoms with Crippen LogP contribution in [0.4, 0.5) is 16.2 Å². The summed E-state index contributed by atoms with van der Waals surface area (Å²) in [5, 5.41) is 13.5. The Morgan fingerprint density at radius 2 is 1.76 bits per heavy atom. The summed E-state index contributed by atoms with van der Waals surface area (Å²) >= 11 is 2.22. The van der Waals surface area contributed by atoms with Crippen molar-refractivity contribution in [2.24, 2.45) is 7.05 Å².